The number of carbonyl (C=O) groups excluding carboxylic acids is 2. The van der Waals surface area contributed by atoms with E-state index in [-0.39, 0.29) is 18.9 Å². The van der Waals surface area contributed by atoms with Gasteiger partial charge in [0, 0.05) is 19.8 Å². The number of rotatable bonds is 49. The van der Waals surface area contributed by atoms with E-state index in [1.807, 2.05) is 0 Å². The summed E-state index contributed by atoms with van der Waals surface area (Å²) in [4.78, 5) is 38.5. The molecule has 0 aromatic heterocycles. The molecule has 508 valence electrons. The van der Waals surface area contributed by atoms with E-state index in [0.29, 0.717) is 19.3 Å². The molecule has 2 amide bonds. The van der Waals surface area contributed by atoms with Crippen LogP contribution >= 0.6 is 0 Å². The predicted molar refractivity (Wildman–Crippen MR) is 324 cm³/mol. The van der Waals surface area contributed by atoms with Crippen LogP contribution < -0.4 is 10.6 Å². The van der Waals surface area contributed by atoms with E-state index < -0.39 is 148 Å². The number of aliphatic hydroxyl groups is 11. The molecule has 3 saturated heterocycles. The molecule has 0 aliphatic carbocycles. The third kappa shape index (κ3) is 28.7. The lowest BCUT2D eigenvalue weighted by Gasteiger charge is -2.50. The molecule has 0 radical (unpaired) electrons. The molecule has 3 aliphatic rings. The molecule has 18 unspecified atom stereocenters. The number of amides is 2. The first-order valence-electron chi connectivity index (χ1n) is 33.2. The van der Waals surface area contributed by atoms with Crippen molar-refractivity contribution in [1.29, 1.82) is 0 Å². The van der Waals surface area contributed by atoms with Crippen LogP contribution in [0.4, 0.5) is 0 Å². The Labute approximate surface area is 517 Å². The fourth-order valence-electron chi connectivity index (χ4n) is 11.6. The van der Waals surface area contributed by atoms with Gasteiger partial charge in [-0.2, -0.15) is 0 Å². The summed E-state index contributed by atoms with van der Waals surface area (Å²) in [7, 11) is 0. The standard InChI is InChI=1S/C64H116N2O21/c1-4-6-8-10-12-14-16-18-20-21-22-24-25-27-29-31-33-35-37-46(71)45(66-51(74)38-36-34-32-30-28-26-23-19-17-15-13-11-9-7-5-2)43-82-61-56(78)55(77)58(50(42-69)84-61)85-62-57(79)60(54(76)49(41-68)83-62)87-64(63(80)81)39-47(72)52(65-44(3)70)59(86-64)53(75)48(73)40-67/h13,15,17,19,45-50,52-62,67-69,71-73,75-79H,4-12,14,16,18,20-43H2,1-3H3,(H,65,70)(H,66,74)(H,80,81)/b15-13-,19-17-. The van der Waals surface area contributed by atoms with Crippen molar-refractivity contribution in [3.63, 3.8) is 0 Å². The van der Waals surface area contributed by atoms with E-state index in [2.05, 4.69) is 48.8 Å². The summed E-state index contributed by atoms with van der Waals surface area (Å²) < 4.78 is 34.8. The molecular weight excluding hydrogens is 1130 g/mol. The first kappa shape index (κ1) is 78.5. The molecule has 0 bridgehead atoms. The maximum absolute atomic E-state index is 13.4. The monoisotopic (exact) mass is 1250 g/mol. The van der Waals surface area contributed by atoms with E-state index in [1.165, 1.54) is 103 Å². The third-order valence-electron chi connectivity index (χ3n) is 16.9. The van der Waals surface area contributed by atoms with Crippen LogP contribution in [0.2, 0.25) is 0 Å². The van der Waals surface area contributed by atoms with Gasteiger partial charge in [0.1, 0.15) is 67.1 Å². The molecule has 3 fully saturated rings. The quantitative estimate of drug-likeness (QED) is 0.0285. The minimum Gasteiger partial charge on any atom is -0.477 e. The lowest BCUT2D eigenvalue weighted by molar-refractivity contribution is -0.386. The van der Waals surface area contributed by atoms with Gasteiger partial charge >= 0.3 is 5.97 Å². The Bertz CT molecular complexity index is 1870. The minimum absolute atomic E-state index is 0.210. The van der Waals surface area contributed by atoms with Gasteiger partial charge in [0.2, 0.25) is 11.8 Å². The van der Waals surface area contributed by atoms with Gasteiger partial charge in [-0.05, 0) is 38.5 Å². The fourth-order valence-corrected chi connectivity index (χ4v) is 11.6. The molecule has 18 atom stereocenters. The summed E-state index contributed by atoms with van der Waals surface area (Å²) in [6.07, 6.45) is 13.2. The number of carboxylic acids is 1. The van der Waals surface area contributed by atoms with E-state index in [4.69, 9.17) is 28.4 Å². The minimum atomic E-state index is -3.08. The number of hydrogen-bond donors (Lipinski definition) is 14. The summed E-state index contributed by atoms with van der Waals surface area (Å²) in [5, 5.41) is 136. The van der Waals surface area contributed by atoms with Crippen LogP contribution in [0, 0.1) is 0 Å². The van der Waals surface area contributed by atoms with Crippen molar-refractivity contribution < 1.29 is 104 Å². The molecule has 3 heterocycles. The molecule has 0 spiro atoms. The predicted octanol–water partition coefficient (Wildman–Crippen LogP) is 4.89. The van der Waals surface area contributed by atoms with Crippen LogP contribution in [0.1, 0.15) is 226 Å². The Balaban J connectivity index is 1.62. The average Bonchev–Trinajstić information content (AvgIpc) is 1.02. The van der Waals surface area contributed by atoms with Gasteiger partial charge in [0.25, 0.3) is 5.79 Å². The lowest BCUT2D eigenvalue weighted by atomic mass is 9.88. The van der Waals surface area contributed by atoms with Crippen LogP contribution in [0.25, 0.3) is 0 Å². The smallest absolute Gasteiger partial charge is 0.364 e. The van der Waals surface area contributed by atoms with Crippen LogP contribution in [-0.4, -0.2) is 215 Å². The molecular formula is C64H116N2O21. The second-order valence-electron chi connectivity index (χ2n) is 24.4. The van der Waals surface area contributed by atoms with Crippen molar-refractivity contribution in [3.05, 3.63) is 24.3 Å². The number of carboxylic acid groups (broad SMARTS) is 1. The number of allylic oxidation sites excluding steroid dienone is 4. The highest BCUT2D eigenvalue weighted by Crippen LogP contribution is 2.39. The van der Waals surface area contributed by atoms with E-state index in [1.54, 1.807) is 0 Å². The number of nitrogens with one attached hydrogen (secondary N) is 2. The van der Waals surface area contributed by atoms with Gasteiger partial charge in [0.15, 0.2) is 12.6 Å². The van der Waals surface area contributed by atoms with Crippen molar-refractivity contribution >= 4 is 17.8 Å². The van der Waals surface area contributed by atoms with Crippen LogP contribution in [0.3, 0.4) is 0 Å². The van der Waals surface area contributed by atoms with Gasteiger partial charge in [-0.25, -0.2) is 4.79 Å². The van der Waals surface area contributed by atoms with Crippen molar-refractivity contribution in [1.82, 2.24) is 10.6 Å². The van der Waals surface area contributed by atoms with Gasteiger partial charge in [0.05, 0.1) is 50.7 Å². The summed E-state index contributed by atoms with van der Waals surface area (Å²) >= 11 is 0. The molecule has 0 aromatic rings. The molecule has 0 saturated carbocycles. The van der Waals surface area contributed by atoms with Crippen molar-refractivity contribution in [2.45, 2.75) is 336 Å². The second-order valence-corrected chi connectivity index (χ2v) is 24.4. The molecule has 23 heteroatoms. The van der Waals surface area contributed by atoms with Gasteiger partial charge in [-0.15, -0.1) is 0 Å². The second kappa shape index (κ2) is 45.5. The van der Waals surface area contributed by atoms with E-state index in [9.17, 15) is 75.7 Å². The Morgan fingerprint density at radius 2 is 1.09 bits per heavy atom. The average molecular weight is 1250 g/mol. The Kier molecular flexibility index (Phi) is 41.0. The summed E-state index contributed by atoms with van der Waals surface area (Å²) in [5.41, 5.74) is 0. The fraction of sp³-hybridized carbons (Fsp3) is 0.891. The van der Waals surface area contributed by atoms with Crippen molar-refractivity contribution in [3.8, 4) is 0 Å². The summed E-state index contributed by atoms with van der Waals surface area (Å²) in [5.74, 6) is -6.12. The number of hydrogen-bond acceptors (Lipinski definition) is 20. The zero-order chi connectivity index (χ0) is 64.0. The SMILES string of the molecule is CCCCC/C=C\C=C/CCCCCCCCC(=O)NC(COC1OC(CO)C(OC2OC(CO)C(O)C(OC3(C(=O)O)CC(O)C(NC(C)=O)C(C(O)C(O)CO)O3)C2O)C(O)C1O)C(O)CCCCCCCCCCCCCCCCCCCC. The Hall–Kier alpha value is -2.79. The number of ether oxygens (including phenoxy) is 6. The zero-order valence-corrected chi connectivity index (χ0v) is 52.6. The number of aliphatic hydroxyl groups excluding tert-OH is 11. The zero-order valence-electron chi connectivity index (χ0n) is 52.6. The Morgan fingerprint density at radius 1 is 0.598 bits per heavy atom. The maximum Gasteiger partial charge on any atom is 0.364 e. The highest BCUT2D eigenvalue weighted by molar-refractivity contribution is 5.77. The normalized spacial score (nSPS) is 29.3. The van der Waals surface area contributed by atoms with Crippen LogP contribution in [0.5, 0.6) is 0 Å². The van der Waals surface area contributed by atoms with Crippen LogP contribution in [-0.2, 0) is 42.8 Å². The topological polar surface area (TPSA) is 373 Å². The van der Waals surface area contributed by atoms with Crippen LogP contribution in [0.15, 0.2) is 24.3 Å². The largest absolute Gasteiger partial charge is 0.477 e. The molecule has 3 rings (SSSR count). The van der Waals surface area contributed by atoms with Crippen molar-refractivity contribution in [2.75, 3.05) is 26.4 Å². The third-order valence-corrected chi connectivity index (χ3v) is 16.9. The Morgan fingerprint density at radius 3 is 1.61 bits per heavy atom. The van der Waals surface area contributed by atoms with E-state index in [0.717, 1.165) is 77.6 Å². The molecule has 23 nitrogen and oxygen atoms in total. The molecule has 87 heavy (non-hydrogen) atoms. The summed E-state index contributed by atoms with van der Waals surface area (Å²) in [6.45, 7) is 2.15. The van der Waals surface area contributed by atoms with Gasteiger partial charge in [-0.3, -0.25) is 9.59 Å². The maximum atomic E-state index is 13.4. The number of aliphatic carboxylic acids is 1. The first-order chi connectivity index (χ1) is 41.9. The van der Waals surface area contributed by atoms with Crippen molar-refractivity contribution in [2.24, 2.45) is 0 Å². The molecule has 14 N–H and O–H groups in total. The summed E-state index contributed by atoms with van der Waals surface area (Å²) in [6, 6.07) is -2.54. The highest BCUT2D eigenvalue weighted by Gasteiger charge is 2.60. The number of unbranched alkanes of at least 4 members (excludes halogenated alkanes) is 26. The molecule has 0 aromatic carbocycles. The lowest BCUT2D eigenvalue weighted by Crippen LogP contribution is -2.70. The molecule has 3 aliphatic heterocycles. The van der Waals surface area contributed by atoms with Gasteiger partial charge < -0.3 is 100 Å². The van der Waals surface area contributed by atoms with E-state index >= 15 is 0 Å². The van der Waals surface area contributed by atoms with Gasteiger partial charge in [-0.1, -0.05) is 192 Å². The highest BCUT2D eigenvalue weighted by atomic mass is 16.8. The first-order valence-corrected chi connectivity index (χ1v) is 33.2. The number of carbonyl (C=O) groups is 3.